The number of aromatic nitrogens is 2. The van der Waals surface area contributed by atoms with E-state index in [0.29, 0.717) is 5.56 Å². The van der Waals surface area contributed by atoms with Crippen molar-refractivity contribution in [3.63, 3.8) is 0 Å². The molecule has 1 aliphatic heterocycles. The molecule has 0 radical (unpaired) electrons. The van der Waals surface area contributed by atoms with E-state index >= 15 is 0 Å². The molecule has 1 atom stereocenters. The smallest absolute Gasteiger partial charge is 0.140 e. The summed E-state index contributed by atoms with van der Waals surface area (Å²) in [5, 5.41) is 7.25. The summed E-state index contributed by atoms with van der Waals surface area (Å²) in [6, 6.07) is 4.13. The lowest BCUT2D eigenvalue weighted by Crippen LogP contribution is -2.42. The normalized spacial score (nSPS) is 21.1. The fourth-order valence-corrected chi connectivity index (χ4v) is 2.64. The fourth-order valence-electron chi connectivity index (χ4n) is 2.30. The second-order valence-corrected chi connectivity index (χ2v) is 5.35. The molecule has 0 saturated heterocycles. The van der Waals surface area contributed by atoms with E-state index in [1.165, 1.54) is 6.07 Å². The lowest BCUT2D eigenvalue weighted by atomic mass is 9.87. The Morgan fingerprint density at radius 1 is 1.32 bits per heavy atom. The number of hydrogen-bond acceptors (Lipinski definition) is 2. The first-order chi connectivity index (χ1) is 9.02. The molecule has 98 valence electrons. The number of benzene rings is 1. The number of rotatable bonds is 1. The van der Waals surface area contributed by atoms with Gasteiger partial charge in [-0.25, -0.2) is 13.5 Å². The number of nitrogens with zero attached hydrogens (tertiary/aromatic N) is 2. The molecule has 3 nitrogen and oxygen atoms in total. The van der Waals surface area contributed by atoms with Crippen molar-refractivity contribution in [1.82, 2.24) is 15.1 Å². The molecule has 0 amide bonds. The Labute approximate surface area is 117 Å². The Hall–Kier alpha value is -1.69. The highest BCUT2D eigenvalue weighted by molar-refractivity contribution is 9.10. The topological polar surface area (TPSA) is 29.9 Å². The standard InChI is InChI=1S/C13H10BrF2N3/c1-13(8-6-9(14)11(16)7-10(8)15)12-2-3-18-19(12)5-4-17-13/h2-7,17H,1H3. The summed E-state index contributed by atoms with van der Waals surface area (Å²) in [6.45, 7) is 1.83. The Morgan fingerprint density at radius 3 is 2.89 bits per heavy atom. The van der Waals surface area contributed by atoms with Crippen LogP contribution in [0.1, 0.15) is 18.2 Å². The van der Waals surface area contributed by atoms with Gasteiger partial charge in [-0.1, -0.05) is 0 Å². The zero-order valence-electron chi connectivity index (χ0n) is 9.99. The number of hydrogen-bond donors (Lipinski definition) is 1. The highest BCUT2D eigenvalue weighted by atomic mass is 79.9. The van der Waals surface area contributed by atoms with E-state index in [2.05, 4.69) is 26.3 Å². The SMILES string of the molecule is CC1(c2cc(Br)c(F)cc2F)NC=Cn2nccc21. The van der Waals surface area contributed by atoms with Gasteiger partial charge in [-0.3, -0.25) is 0 Å². The Balaban J connectivity index is 2.22. The van der Waals surface area contributed by atoms with E-state index in [9.17, 15) is 8.78 Å². The maximum Gasteiger partial charge on any atom is 0.140 e. The summed E-state index contributed by atoms with van der Waals surface area (Å²) in [7, 11) is 0. The quantitative estimate of drug-likeness (QED) is 0.816. The van der Waals surface area contributed by atoms with Crippen molar-refractivity contribution >= 4 is 22.1 Å². The third kappa shape index (κ3) is 1.78. The summed E-state index contributed by atoms with van der Waals surface area (Å²) in [4.78, 5) is 0. The van der Waals surface area contributed by atoms with Crippen LogP contribution in [-0.2, 0) is 5.54 Å². The Kier molecular flexibility index (Phi) is 2.70. The Bertz CT molecular complexity index is 681. The first-order valence-electron chi connectivity index (χ1n) is 5.66. The van der Waals surface area contributed by atoms with Crippen molar-refractivity contribution < 1.29 is 8.78 Å². The van der Waals surface area contributed by atoms with E-state index in [1.807, 2.05) is 6.92 Å². The van der Waals surface area contributed by atoms with Gasteiger partial charge in [0.15, 0.2) is 0 Å². The van der Waals surface area contributed by atoms with Gasteiger partial charge in [0.25, 0.3) is 0 Å². The van der Waals surface area contributed by atoms with Gasteiger partial charge in [0, 0.05) is 30.2 Å². The summed E-state index contributed by atoms with van der Waals surface area (Å²) in [6.07, 6.45) is 5.08. The summed E-state index contributed by atoms with van der Waals surface area (Å²) in [5.74, 6) is -1.22. The molecule has 2 aromatic rings. The molecule has 0 bridgehead atoms. The van der Waals surface area contributed by atoms with Gasteiger partial charge in [-0.2, -0.15) is 5.10 Å². The van der Waals surface area contributed by atoms with Gasteiger partial charge in [-0.15, -0.1) is 0 Å². The van der Waals surface area contributed by atoms with E-state index < -0.39 is 17.2 Å². The van der Waals surface area contributed by atoms with Crippen molar-refractivity contribution in [2.24, 2.45) is 0 Å². The molecule has 1 N–H and O–H groups in total. The second kappa shape index (κ2) is 4.16. The molecular weight excluding hydrogens is 316 g/mol. The number of halogens is 3. The molecule has 3 rings (SSSR count). The van der Waals surface area contributed by atoms with Gasteiger partial charge in [-0.05, 0) is 35.0 Å². The summed E-state index contributed by atoms with van der Waals surface area (Å²) < 4.78 is 29.3. The predicted octanol–water partition coefficient (Wildman–Crippen LogP) is 3.22. The highest BCUT2D eigenvalue weighted by Crippen LogP contribution is 2.35. The fraction of sp³-hybridized carbons (Fsp3) is 0.154. The van der Waals surface area contributed by atoms with Crippen LogP contribution in [0.4, 0.5) is 8.78 Å². The molecule has 1 aliphatic rings. The molecule has 0 saturated carbocycles. The van der Waals surface area contributed by atoms with Crippen molar-refractivity contribution in [3.05, 3.63) is 58.0 Å². The molecule has 1 aromatic carbocycles. The molecule has 6 heteroatoms. The second-order valence-electron chi connectivity index (χ2n) is 4.49. The van der Waals surface area contributed by atoms with Crippen LogP contribution >= 0.6 is 15.9 Å². The molecule has 0 fully saturated rings. The predicted molar refractivity (Wildman–Crippen MR) is 71.2 cm³/mol. The van der Waals surface area contributed by atoms with Crippen LogP contribution in [0.3, 0.4) is 0 Å². The van der Waals surface area contributed by atoms with E-state index in [0.717, 1.165) is 11.8 Å². The molecule has 19 heavy (non-hydrogen) atoms. The van der Waals surface area contributed by atoms with Crippen LogP contribution in [0.15, 0.2) is 35.1 Å². The molecule has 1 aromatic heterocycles. The molecular formula is C13H10BrF2N3. The minimum Gasteiger partial charge on any atom is -0.375 e. The number of fused-ring (bicyclic) bond motifs is 1. The monoisotopic (exact) mass is 325 g/mol. The summed E-state index contributed by atoms with van der Waals surface area (Å²) in [5.41, 5.74) is 0.338. The minimum absolute atomic E-state index is 0.229. The minimum atomic E-state index is -0.800. The number of nitrogens with one attached hydrogen (secondary N) is 1. The van der Waals surface area contributed by atoms with Gasteiger partial charge in [0.2, 0.25) is 0 Å². The third-order valence-corrected chi connectivity index (χ3v) is 3.93. The molecule has 0 aliphatic carbocycles. The maximum atomic E-state index is 14.1. The lowest BCUT2D eigenvalue weighted by Gasteiger charge is -2.33. The molecule has 1 unspecified atom stereocenters. The third-order valence-electron chi connectivity index (χ3n) is 3.32. The first-order valence-corrected chi connectivity index (χ1v) is 6.45. The molecule has 2 heterocycles. The van der Waals surface area contributed by atoms with Gasteiger partial charge < -0.3 is 5.32 Å². The van der Waals surface area contributed by atoms with Crippen molar-refractivity contribution in [2.45, 2.75) is 12.5 Å². The van der Waals surface area contributed by atoms with Gasteiger partial charge >= 0.3 is 0 Å². The first kappa shape index (κ1) is 12.3. The van der Waals surface area contributed by atoms with Crippen molar-refractivity contribution in [3.8, 4) is 0 Å². The maximum absolute atomic E-state index is 14.1. The summed E-state index contributed by atoms with van der Waals surface area (Å²) >= 11 is 3.09. The van der Waals surface area contributed by atoms with Crippen LogP contribution in [0.2, 0.25) is 0 Å². The largest absolute Gasteiger partial charge is 0.375 e. The van der Waals surface area contributed by atoms with Crippen LogP contribution < -0.4 is 5.32 Å². The lowest BCUT2D eigenvalue weighted by molar-refractivity contribution is 0.436. The van der Waals surface area contributed by atoms with Crippen molar-refractivity contribution in [2.75, 3.05) is 0 Å². The van der Waals surface area contributed by atoms with Crippen molar-refractivity contribution in [1.29, 1.82) is 0 Å². The average Bonchev–Trinajstić information content (AvgIpc) is 2.83. The highest BCUT2D eigenvalue weighted by Gasteiger charge is 2.35. The Morgan fingerprint density at radius 2 is 2.11 bits per heavy atom. The zero-order chi connectivity index (χ0) is 13.6. The van der Waals surface area contributed by atoms with E-state index in [4.69, 9.17) is 0 Å². The van der Waals surface area contributed by atoms with Crippen LogP contribution in [0.25, 0.3) is 6.20 Å². The average molecular weight is 326 g/mol. The van der Waals surface area contributed by atoms with Crippen LogP contribution in [-0.4, -0.2) is 9.78 Å². The van der Waals surface area contributed by atoms with Crippen LogP contribution in [0.5, 0.6) is 0 Å². The molecule has 0 spiro atoms. The van der Waals surface area contributed by atoms with Gasteiger partial charge in [0.1, 0.15) is 17.2 Å². The van der Waals surface area contributed by atoms with E-state index in [1.54, 1.807) is 29.3 Å². The zero-order valence-corrected chi connectivity index (χ0v) is 11.6. The van der Waals surface area contributed by atoms with Crippen LogP contribution in [0, 0.1) is 11.6 Å². The van der Waals surface area contributed by atoms with E-state index in [-0.39, 0.29) is 4.47 Å². The van der Waals surface area contributed by atoms with Gasteiger partial charge in [0.05, 0.1) is 10.2 Å².